The van der Waals surface area contributed by atoms with Crippen molar-refractivity contribution in [2.45, 2.75) is 134 Å². The Hall–Kier alpha value is -0.850. The van der Waals surface area contributed by atoms with E-state index in [9.17, 15) is 30.3 Å². The van der Waals surface area contributed by atoms with E-state index in [0.717, 1.165) is 51.6 Å². The first-order valence-corrected chi connectivity index (χ1v) is 16.8. The van der Waals surface area contributed by atoms with Crippen molar-refractivity contribution in [3.05, 3.63) is 0 Å². The molecule has 0 unspecified atom stereocenters. The van der Waals surface area contributed by atoms with E-state index in [1.165, 1.54) is 0 Å². The topological polar surface area (TPSA) is 166 Å². The summed E-state index contributed by atoms with van der Waals surface area (Å²) in [4.78, 5) is 12.7. The Labute approximate surface area is 255 Å². The molecule has 2 aliphatic heterocycles. The number of hydrogen-bond acceptors (Lipinski definition) is 10. The third-order valence-corrected chi connectivity index (χ3v) is 13.7. The Morgan fingerprint density at radius 2 is 1.63 bits per heavy atom. The molecule has 4 saturated carbocycles. The average molecular weight is 611 g/mol. The number of hydrogen-bond donors (Lipinski definition) is 6. The predicted octanol–water partition coefficient (Wildman–Crippen LogP) is 1.75. The van der Waals surface area contributed by atoms with Gasteiger partial charge < -0.3 is 44.8 Å². The Bertz CT molecular complexity index is 1030. The molecule has 0 radical (unpaired) electrons. The number of fused-ring (bicyclic) bond motifs is 7. The Kier molecular flexibility index (Phi) is 8.54. The van der Waals surface area contributed by atoms with E-state index in [-0.39, 0.29) is 22.9 Å². The van der Waals surface area contributed by atoms with Gasteiger partial charge in [-0.05, 0) is 97.7 Å². The third-order valence-electron chi connectivity index (χ3n) is 13.7. The average Bonchev–Trinajstić information content (AvgIpc) is 3.43. The zero-order valence-electron chi connectivity index (χ0n) is 26.2. The molecule has 6 aliphatic rings. The van der Waals surface area contributed by atoms with Gasteiger partial charge in [-0.2, -0.15) is 0 Å². The molecule has 4 aliphatic carbocycles. The molecule has 0 amide bonds. The fraction of sp³-hybridized carbons (Fsp3) is 0.970. The lowest BCUT2D eigenvalue weighted by molar-refractivity contribution is -0.273. The third kappa shape index (κ3) is 5.01. The summed E-state index contributed by atoms with van der Waals surface area (Å²) in [5.74, 6) is 1.18. The largest absolute Gasteiger partial charge is 0.460 e. The van der Waals surface area contributed by atoms with Crippen LogP contribution in [0.15, 0.2) is 0 Å². The number of ether oxygens (including phenoxy) is 3. The van der Waals surface area contributed by atoms with Gasteiger partial charge in [-0.3, -0.25) is 0 Å². The second-order valence-corrected chi connectivity index (χ2v) is 15.8. The molecule has 6 rings (SSSR count). The molecule has 17 atom stereocenters. The van der Waals surface area contributed by atoms with Gasteiger partial charge >= 0.3 is 5.97 Å². The quantitative estimate of drug-likeness (QED) is 0.244. The molecule has 2 heterocycles. The lowest BCUT2D eigenvalue weighted by Gasteiger charge is -2.62. The van der Waals surface area contributed by atoms with Gasteiger partial charge in [-0.15, -0.1) is 0 Å². The number of aliphatic hydroxyl groups excluding tert-OH is 6. The monoisotopic (exact) mass is 610 g/mol. The van der Waals surface area contributed by atoms with Gasteiger partial charge in [0.05, 0.1) is 25.4 Å². The fourth-order valence-corrected chi connectivity index (χ4v) is 11.3. The van der Waals surface area contributed by atoms with Crippen molar-refractivity contribution < 1.29 is 49.6 Å². The number of carbonyl (C=O) groups is 1. The molecule has 0 aromatic heterocycles. The van der Waals surface area contributed by atoms with Gasteiger partial charge in [0.1, 0.15) is 24.4 Å². The molecule has 10 nitrogen and oxygen atoms in total. The van der Waals surface area contributed by atoms with E-state index in [1.807, 2.05) is 0 Å². The molecule has 10 heteroatoms. The van der Waals surface area contributed by atoms with Crippen molar-refractivity contribution in [1.82, 2.24) is 0 Å². The van der Waals surface area contributed by atoms with E-state index in [1.54, 1.807) is 0 Å². The van der Waals surface area contributed by atoms with Gasteiger partial charge in [-0.1, -0.05) is 27.7 Å². The van der Waals surface area contributed by atoms with Crippen LogP contribution in [0.3, 0.4) is 0 Å². The van der Waals surface area contributed by atoms with Crippen LogP contribution in [0.5, 0.6) is 0 Å². The first-order valence-electron chi connectivity index (χ1n) is 16.8. The highest BCUT2D eigenvalue weighted by molar-refractivity contribution is 5.75. The maximum Gasteiger partial charge on any atom is 0.338 e. The standard InChI is InChI=1S/C33H54O10/c1-16-5-10-33(41-15-16)17(2)26-25(43-33)13-21-19-12-23(35)22-11-18(6-8-31(22,3)20(19)7-9-32(21,26)4)42-30(40)29(39)28(38)27(37)24(36)14-34/h16-29,34-39H,5-15H2,1-4H3/t16-,17+,18+,19-,20+,21+,22-,23+,24-,25+,26+,27-,28+,29+,31-,32+,33-/m1/s1. The molecule has 1 spiro atoms. The summed E-state index contributed by atoms with van der Waals surface area (Å²) < 4.78 is 18.9. The van der Waals surface area contributed by atoms with Crippen LogP contribution in [0.1, 0.15) is 85.5 Å². The zero-order valence-corrected chi connectivity index (χ0v) is 26.2. The molecule has 246 valence electrons. The van der Waals surface area contributed by atoms with Crippen molar-refractivity contribution in [1.29, 1.82) is 0 Å². The first kappa shape index (κ1) is 32.1. The minimum Gasteiger partial charge on any atom is -0.460 e. The summed E-state index contributed by atoms with van der Waals surface area (Å²) in [7, 11) is 0. The van der Waals surface area contributed by atoms with Crippen LogP contribution in [-0.2, 0) is 19.0 Å². The van der Waals surface area contributed by atoms with Crippen molar-refractivity contribution in [3.8, 4) is 0 Å². The molecule has 0 aromatic rings. The van der Waals surface area contributed by atoms with Crippen molar-refractivity contribution in [2.24, 2.45) is 52.3 Å². The maximum atomic E-state index is 12.7. The Balaban J connectivity index is 1.12. The number of carbonyl (C=O) groups excluding carboxylic acids is 1. The molecule has 0 aromatic carbocycles. The van der Waals surface area contributed by atoms with E-state index < -0.39 is 55.0 Å². The summed E-state index contributed by atoms with van der Waals surface area (Å²) in [5, 5.41) is 60.5. The normalized spacial score (nSPS) is 51.9. The van der Waals surface area contributed by atoms with Crippen LogP contribution >= 0.6 is 0 Å². The zero-order chi connectivity index (χ0) is 31.1. The molecular formula is C33H54O10. The maximum absolute atomic E-state index is 12.7. The highest BCUT2D eigenvalue weighted by atomic mass is 16.7. The smallest absolute Gasteiger partial charge is 0.338 e. The van der Waals surface area contributed by atoms with Gasteiger partial charge in [0, 0.05) is 12.3 Å². The van der Waals surface area contributed by atoms with E-state index in [4.69, 9.17) is 19.3 Å². The first-order chi connectivity index (χ1) is 20.3. The summed E-state index contributed by atoms with van der Waals surface area (Å²) in [5.41, 5.74) is 0.0576. The number of esters is 1. The molecule has 2 saturated heterocycles. The molecule has 6 N–H and O–H groups in total. The second-order valence-electron chi connectivity index (χ2n) is 15.8. The van der Waals surface area contributed by atoms with Gasteiger partial charge in [0.25, 0.3) is 0 Å². The van der Waals surface area contributed by atoms with Crippen LogP contribution in [-0.4, -0.2) is 98.3 Å². The Morgan fingerprint density at radius 3 is 2.30 bits per heavy atom. The summed E-state index contributed by atoms with van der Waals surface area (Å²) in [6.45, 7) is 9.33. The summed E-state index contributed by atoms with van der Waals surface area (Å²) in [6, 6.07) is 0. The highest BCUT2D eigenvalue weighted by Crippen LogP contribution is 2.71. The fourth-order valence-electron chi connectivity index (χ4n) is 11.3. The van der Waals surface area contributed by atoms with Crippen molar-refractivity contribution in [3.63, 3.8) is 0 Å². The minimum atomic E-state index is -2.06. The van der Waals surface area contributed by atoms with Crippen LogP contribution in [0.4, 0.5) is 0 Å². The molecule has 0 bridgehead atoms. The minimum absolute atomic E-state index is 0.0505. The SMILES string of the molecule is C[C@@H]1CC[C@@]2(OC1)O[C@H]1C[C@H]3[C@@H]4C[C@H](O)[C@H]5C[C@@H](OC(=O)[C@@H](O)[C@@H](O)[C@H](O)[C@H](O)CO)CC[C@]5(C)[C@H]4CC[C@]3(C)[C@H]1[C@@H]2C. The lowest BCUT2D eigenvalue weighted by atomic mass is 9.43. The lowest BCUT2D eigenvalue weighted by Crippen LogP contribution is -2.59. The number of rotatable bonds is 6. The van der Waals surface area contributed by atoms with E-state index in [2.05, 4.69) is 27.7 Å². The van der Waals surface area contributed by atoms with E-state index >= 15 is 0 Å². The Morgan fingerprint density at radius 1 is 0.907 bits per heavy atom. The van der Waals surface area contributed by atoms with Gasteiger partial charge in [-0.25, -0.2) is 4.79 Å². The molecular weight excluding hydrogens is 556 g/mol. The molecule has 6 fully saturated rings. The summed E-state index contributed by atoms with van der Waals surface area (Å²) >= 11 is 0. The van der Waals surface area contributed by atoms with Crippen LogP contribution in [0.2, 0.25) is 0 Å². The van der Waals surface area contributed by atoms with Crippen LogP contribution in [0.25, 0.3) is 0 Å². The summed E-state index contributed by atoms with van der Waals surface area (Å²) in [6.07, 6.45) is -0.534. The van der Waals surface area contributed by atoms with E-state index in [0.29, 0.717) is 48.3 Å². The van der Waals surface area contributed by atoms with Crippen LogP contribution in [0, 0.1) is 52.3 Å². The molecule has 43 heavy (non-hydrogen) atoms. The van der Waals surface area contributed by atoms with Crippen molar-refractivity contribution in [2.75, 3.05) is 13.2 Å². The van der Waals surface area contributed by atoms with Gasteiger partial charge in [0.2, 0.25) is 0 Å². The second kappa shape index (κ2) is 11.4. The predicted molar refractivity (Wildman–Crippen MR) is 154 cm³/mol. The van der Waals surface area contributed by atoms with Crippen molar-refractivity contribution >= 4 is 5.97 Å². The number of aliphatic hydroxyl groups is 6. The highest BCUT2D eigenvalue weighted by Gasteiger charge is 2.69. The van der Waals surface area contributed by atoms with Crippen LogP contribution < -0.4 is 0 Å². The van der Waals surface area contributed by atoms with Gasteiger partial charge in [0.15, 0.2) is 11.9 Å².